The highest BCUT2D eigenvalue weighted by Crippen LogP contribution is 2.20. The minimum Gasteiger partial charge on any atom is -0.293 e. The molecule has 2 rings (SSSR count). The summed E-state index contributed by atoms with van der Waals surface area (Å²) >= 11 is 6.02. The number of ketones is 1. The van der Waals surface area contributed by atoms with E-state index in [4.69, 9.17) is 11.6 Å². The quantitative estimate of drug-likeness (QED) is 0.730. The molecule has 0 unspecified atom stereocenters. The number of carbonyl (C=O) groups excluding carboxylic acids is 1. The average molecular weight is 221 g/mol. The lowest BCUT2D eigenvalue weighted by atomic mass is 10.3. The predicted molar refractivity (Wildman–Crippen MR) is 58.6 cm³/mol. The second-order valence-corrected chi connectivity index (χ2v) is 3.54. The smallest absolute Gasteiger partial charge is 0.178 e. The highest BCUT2D eigenvalue weighted by molar-refractivity contribution is 6.32. The van der Waals surface area contributed by atoms with Gasteiger partial charge >= 0.3 is 0 Å². The van der Waals surface area contributed by atoms with E-state index in [2.05, 4.69) is 5.10 Å². The minimum atomic E-state index is -0.0348. The maximum Gasteiger partial charge on any atom is 0.178 e. The SMILES string of the molecule is CC(=O)c1ccnn1-c1ccccc1Cl. The van der Waals surface area contributed by atoms with E-state index < -0.39 is 0 Å². The van der Waals surface area contributed by atoms with Crippen molar-refractivity contribution in [3.05, 3.63) is 47.2 Å². The second-order valence-electron chi connectivity index (χ2n) is 3.14. The van der Waals surface area contributed by atoms with Gasteiger partial charge in [-0.2, -0.15) is 5.10 Å². The molecule has 76 valence electrons. The van der Waals surface area contributed by atoms with E-state index >= 15 is 0 Å². The van der Waals surface area contributed by atoms with Gasteiger partial charge in [-0.3, -0.25) is 4.79 Å². The van der Waals surface area contributed by atoms with Crippen LogP contribution in [0.3, 0.4) is 0 Å². The fourth-order valence-corrected chi connectivity index (χ4v) is 1.60. The van der Waals surface area contributed by atoms with Crippen molar-refractivity contribution in [1.82, 2.24) is 9.78 Å². The summed E-state index contributed by atoms with van der Waals surface area (Å²) in [7, 11) is 0. The summed E-state index contributed by atoms with van der Waals surface area (Å²) in [4.78, 5) is 11.3. The normalized spacial score (nSPS) is 10.3. The van der Waals surface area contributed by atoms with E-state index in [1.165, 1.54) is 6.92 Å². The molecular formula is C11H9ClN2O. The Labute approximate surface area is 92.3 Å². The molecule has 0 aliphatic rings. The van der Waals surface area contributed by atoms with Crippen LogP contribution in [-0.4, -0.2) is 15.6 Å². The van der Waals surface area contributed by atoms with E-state index in [0.717, 1.165) is 5.69 Å². The Hall–Kier alpha value is -1.61. The molecule has 2 aromatic rings. The predicted octanol–water partition coefficient (Wildman–Crippen LogP) is 2.73. The fourth-order valence-electron chi connectivity index (χ4n) is 1.39. The Morgan fingerprint density at radius 1 is 1.33 bits per heavy atom. The van der Waals surface area contributed by atoms with Gasteiger partial charge in [0.2, 0.25) is 0 Å². The summed E-state index contributed by atoms with van der Waals surface area (Å²) in [6, 6.07) is 8.95. The van der Waals surface area contributed by atoms with Gasteiger partial charge in [0.05, 0.1) is 16.9 Å². The zero-order valence-electron chi connectivity index (χ0n) is 8.14. The lowest BCUT2D eigenvalue weighted by Gasteiger charge is -2.06. The molecule has 0 atom stereocenters. The van der Waals surface area contributed by atoms with E-state index in [9.17, 15) is 4.79 Å². The molecule has 0 N–H and O–H groups in total. The van der Waals surface area contributed by atoms with Crippen LogP contribution in [-0.2, 0) is 0 Å². The Bertz CT molecular complexity index is 505. The Morgan fingerprint density at radius 3 is 2.73 bits per heavy atom. The number of carbonyl (C=O) groups is 1. The lowest BCUT2D eigenvalue weighted by Crippen LogP contribution is -2.06. The third-order valence-electron chi connectivity index (χ3n) is 2.08. The molecule has 0 radical (unpaired) electrons. The van der Waals surface area contributed by atoms with Crippen LogP contribution in [0.2, 0.25) is 5.02 Å². The van der Waals surface area contributed by atoms with Crippen molar-refractivity contribution in [2.24, 2.45) is 0 Å². The van der Waals surface area contributed by atoms with Crippen LogP contribution >= 0.6 is 11.6 Å². The highest BCUT2D eigenvalue weighted by atomic mass is 35.5. The summed E-state index contributed by atoms with van der Waals surface area (Å²) in [6.45, 7) is 1.50. The summed E-state index contributed by atoms with van der Waals surface area (Å²) < 4.78 is 1.55. The van der Waals surface area contributed by atoms with Crippen molar-refractivity contribution in [2.75, 3.05) is 0 Å². The second kappa shape index (κ2) is 3.87. The molecular weight excluding hydrogens is 212 g/mol. The number of nitrogens with zero attached hydrogens (tertiary/aromatic N) is 2. The van der Waals surface area contributed by atoms with Crippen LogP contribution in [0.4, 0.5) is 0 Å². The van der Waals surface area contributed by atoms with E-state index in [1.807, 2.05) is 18.2 Å². The average Bonchev–Trinajstić information content (AvgIpc) is 2.67. The topological polar surface area (TPSA) is 34.9 Å². The number of halogens is 1. The number of hydrogen-bond acceptors (Lipinski definition) is 2. The van der Waals surface area contributed by atoms with Gasteiger partial charge in [0.15, 0.2) is 5.78 Å². The van der Waals surface area contributed by atoms with Crippen molar-refractivity contribution in [1.29, 1.82) is 0 Å². The van der Waals surface area contributed by atoms with Crippen molar-refractivity contribution in [2.45, 2.75) is 6.92 Å². The van der Waals surface area contributed by atoms with Crippen LogP contribution in [0, 0.1) is 0 Å². The van der Waals surface area contributed by atoms with E-state index in [1.54, 1.807) is 23.0 Å². The molecule has 15 heavy (non-hydrogen) atoms. The molecule has 0 saturated carbocycles. The monoisotopic (exact) mass is 220 g/mol. The molecule has 4 heteroatoms. The molecule has 0 fully saturated rings. The van der Waals surface area contributed by atoms with Crippen molar-refractivity contribution in [3.8, 4) is 5.69 Å². The number of hydrogen-bond donors (Lipinski definition) is 0. The summed E-state index contributed by atoms with van der Waals surface area (Å²) in [5, 5.41) is 4.65. The molecule has 3 nitrogen and oxygen atoms in total. The molecule has 0 spiro atoms. The third kappa shape index (κ3) is 1.78. The molecule has 1 heterocycles. The van der Waals surface area contributed by atoms with E-state index in [0.29, 0.717) is 10.7 Å². The standard InChI is InChI=1S/C11H9ClN2O/c1-8(15)10-6-7-13-14(10)11-5-3-2-4-9(11)12/h2-7H,1H3. The minimum absolute atomic E-state index is 0.0348. The largest absolute Gasteiger partial charge is 0.293 e. The maximum atomic E-state index is 11.3. The molecule has 0 amide bonds. The van der Waals surface area contributed by atoms with Gasteiger partial charge in [0, 0.05) is 6.92 Å². The van der Waals surface area contributed by atoms with Crippen LogP contribution in [0.15, 0.2) is 36.5 Å². The molecule has 0 aliphatic heterocycles. The van der Waals surface area contributed by atoms with Crippen LogP contribution in [0.1, 0.15) is 17.4 Å². The van der Waals surface area contributed by atoms with Gasteiger partial charge in [-0.1, -0.05) is 23.7 Å². The molecule has 0 aliphatic carbocycles. The highest BCUT2D eigenvalue weighted by Gasteiger charge is 2.10. The van der Waals surface area contributed by atoms with Gasteiger partial charge in [-0.15, -0.1) is 0 Å². The first-order chi connectivity index (χ1) is 7.20. The van der Waals surface area contributed by atoms with Crippen molar-refractivity contribution < 1.29 is 4.79 Å². The first kappa shape index (κ1) is 9.93. The van der Waals surface area contributed by atoms with Crippen LogP contribution < -0.4 is 0 Å². The Morgan fingerprint density at radius 2 is 2.07 bits per heavy atom. The van der Waals surface area contributed by atoms with Crippen molar-refractivity contribution in [3.63, 3.8) is 0 Å². The van der Waals surface area contributed by atoms with Gasteiger partial charge < -0.3 is 0 Å². The number of para-hydroxylation sites is 1. The number of aromatic nitrogens is 2. The zero-order chi connectivity index (χ0) is 10.8. The third-order valence-corrected chi connectivity index (χ3v) is 2.40. The van der Waals surface area contributed by atoms with E-state index in [-0.39, 0.29) is 5.78 Å². The van der Waals surface area contributed by atoms with Crippen LogP contribution in [0.25, 0.3) is 5.69 Å². The summed E-state index contributed by atoms with van der Waals surface area (Å²) in [5.74, 6) is -0.0348. The van der Waals surface area contributed by atoms with Gasteiger partial charge in [-0.25, -0.2) is 4.68 Å². The maximum absolute atomic E-state index is 11.3. The number of Topliss-reactive ketones (excluding diaryl/α,β-unsaturated/α-hetero) is 1. The zero-order valence-corrected chi connectivity index (χ0v) is 8.90. The fraction of sp³-hybridized carbons (Fsp3) is 0.0909. The summed E-state index contributed by atoms with van der Waals surface area (Å²) in [6.07, 6.45) is 1.58. The van der Waals surface area contributed by atoms with Crippen LogP contribution in [0.5, 0.6) is 0 Å². The molecule has 0 saturated heterocycles. The van der Waals surface area contributed by atoms with Gasteiger partial charge in [0.1, 0.15) is 5.69 Å². The Balaban J connectivity index is 2.59. The lowest BCUT2D eigenvalue weighted by molar-refractivity contribution is 0.101. The summed E-state index contributed by atoms with van der Waals surface area (Å²) in [5.41, 5.74) is 1.25. The molecule has 0 bridgehead atoms. The number of benzene rings is 1. The van der Waals surface area contributed by atoms with Gasteiger partial charge in [0.25, 0.3) is 0 Å². The Kier molecular flexibility index (Phi) is 2.56. The molecule has 1 aromatic heterocycles. The number of rotatable bonds is 2. The first-order valence-electron chi connectivity index (χ1n) is 4.50. The van der Waals surface area contributed by atoms with Gasteiger partial charge in [-0.05, 0) is 18.2 Å². The van der Waals surface area contributed by atoms with Crippen molar-refractivity contribution >= 4 is 17.4 Å². The molecule has 1 aromatic carbocycles. The first-order valence-corrected chi connectivity index (χ1v) is 4.88.